The summed E-state index contributed by atoms with van der Waals surface area (Å²) in [4.78, 5) is 62.0. The number of hydrogen-bond donors (Lipinski definition) is 3. The number of likely N-dealkylation sites (N-methyl/N-ethyl adjacent to an activating group) is 2. The van der Waals surface area contributed by atoms with Gasteiger partial charge in [0.05, 0.1) is 74.6 Å². The Hall–Kier alpha value is -2.92. The summed E-state index contributed by atoms with van der Waals surface area (Å²) in [5.74, 6) is -1.81. The number of aliphatic hydroxyl groups excluding tert-OH is 1. The average molecular weight is 920 g/mol. The van der Waals surface area contributed by atoms with Crippen molar-refractivity contribution in [3.63, 3.8) is 0 Å². The largest absolute Gasteiger partial charge is 0.414 e. The van der Waals surface area contributed by atoms with Gasteiger partial charge in [0.2, 0.25) is 23.6 Å². The minimum absolute atomic E-state index is 0.0142. The Morgan fingerprint density at radius 3 is 2.05 bits per heavy atom. The average Bonchev–Trinajstić information content (AvgIpc) is 3.72. The molecule has 0 radical (unpaired) electrons. The lowest BCUT2D eigenvalue weighted by molar-refractivity contribution is -0.148. The molecule has 1 aliphatic rings. The van der Waals surface area contributed by atoms with E-state index in [9.17, 15) is 24.3 Å². The van der Waals surface area contributed by atoms with Crippen LogP contribution >= 0.6 is 0 Å². The van der Waals surface area contributed by atoms with E-state index in [1.54, 1.807) is 44.9 Å². The maximum absolute atomic E-state index is 14.6. The van der Waals surface area contributed by atoms with E-state index in [4.69, 9.17) is 18.6 Å². The van der Waals surface area contributed by atoms with Crippen LogP contribution < -0.4 is 10.6 Å². The third kappa shape index (κ3) is 15.9. The molecule has 10 atom stereocenters. The molecule has 1 aromatic carbocycles. The second kappa shape index (κ2) is 26.4. The number of rotatable bonds is 27. The summed E-state index contributed by atoms with van der Waals surface area (Å²) in [5.41, 5.74) is 0.707. The van der Waals surface area contributed by atoms with Gasteiger partial charge in [-0.1, -0.05) is 106 Å². The van der Waals surface area contributed by atoms with Crippen LogP contribution in [0, 0.1) is 23.7 Å². The summed E-state index contributed by atoms with van der Waals surface area (Å²) < 4.78 is 24.2. The molecule has 1 fully saturated rings. The minimum Gasteiger partial charge on any atom is -0.414 e. The molecule has 4 amide bonds. The standard InChI is InChI=1S/C49H89N5O9Si/c1-18-34(6)43(53(13)48(59)41(32(2)3)51-47(58)42(33(4)5)52(12)27-28-62-29-30-63-64(16,17)49(9,10)11)39(60-14)31-40(55)54-26-22-25-38(54)45(61-15)35(7)46(57)50-36(8)44(56)37-23-20-19-21-24-37/h19-21,23-24,32-36,38-39,41-45,56H,18,22,25-31H2,1-17H3,(H,50,57)(H,51,58)/t34-,35+,36+,38-,39+,41-,42-,43-,44+,45+/m0/s1. The van der Waals surface area contributed by atoms with Gasteiger partial charge in [0.1, 0.15) is 6.04 Å². The summed E-state index contributed by atoms with van der Waals surface area (Å²) in [6, 6.07) is 6.50. The molecule has 1 aliphatic heterocycles. The van der Waals surface area contributed by atoms with Crippen molar-refractivity contribution in [3.05, 3.63) is 35.9 Å². The third-order valence-electron chi connectivity index (χ3n) is 13.9. The lowest BCUT2D eigenvalue weighted by Gasteiger charge is -2.41. The number of hydrogen-bond acceptors (Lipinski definition) is 10. The first kappa shape index (κ1) is 57.2. The molecular weight excluding hydrogens is 831 g/mol. The fourth-order valence-electron chi connectivity index (χ4n) is 8.69. The zero-order valence-electron chi connectivity index (χ0n) is 42.7. The van der Waals surface area contributed by atoms with Crippen molar-refractivity contribution >= 4 is 31.9 Å². The molecule has 1 aromatic rings. The number of likely N-dealkylation sites (tertiary alicyclic amines) is 1. The van der Waals surface area contributed by atoms with Gasteiger partial charge in [0.15, 0.2) is 8.32 Å². The number of nitrogens with one attached hydrogen (secondary N) is 2. The fourth-order valence-corrected chi connectivity index (χ4v) is 9.71. The third-order valence-corrected chi connectivity index (χ3v) is 18.5. The summed E-state index contributed by atoms with van der Waals surface area (Å²) in [7, 11) is 4.91. The van der Waals surface area contributed by atoms with E-state index in [1.807, 2.05) is 76.9 Å². The minimum atomic E-state index is -1.86. The second-order valence-electron chi connectivity index (χ2n) is 20.4. The molecule has 14 nitrogen and oxygen atoms in total. The number of methoxy groups -OCH3 is 2. The topological polar surface area (TPSA) is 159 Å². The number of aliphatic hydroxyl groups is 1. The van der Waals surface area contributed by atoms with Crippen LogP contribution in [0.4, 0.5) is 0 Å². The van der Waals surface area contributed by atoms with Crippen LogP contribution in [-0.4, -0.2) is 155 Å². The number of ether oxygens (including phenoxy) is 3. The molecule has 0 bridgehead atoms. The number of amides is 4. The van der Waals surface area contributed by atoms with E-state index in [0.29, 0.717) is 44.9 Å². The molecule has 0 unspecified atom stereocenters. The monoisotopic (exact) mass is 920 g/mol. The molecule has 0 spiro atoms. The van der Waals surface area contributed by atoms with Crippen molar-refractivity contribution in [2.24, 2.45) is 23.7 Å². The zero-order chi connectivity index (χ0) is 48.7. The Bertz CT molecular complexity index is 1580. The molecule has 64 heavy (non-hydrogen) atoms. The van der Waals surface area contributed by atoms with Gasteiger partial charge >= 0.3 is 0 Å². The maximum Gasteiger partial charge on any atom is 0.245 e. The van der Waals surface area contributed by atoms with Gasteiger partial charge in [0.25, 0.3) is 0 Å². The number of benzene rings is 1. The number of carbonyl (C=O) groups excluding carboxylic acids is 4. The van der Waals surface area contributed by atoms with Crippen LogP contribution in [0.15, 0.2) is 30.3 Å². The van der Waals surface area contributed by atoms with Gasteiger partial charge in [-0.05, 0) is 68.3 Å². The molecule has 0 saturated carbocycles. The van der Waals surface area contributed by atoms with E-state index in [1.165, 1.54) is 0 Å². The second-order valence-corrected chi connectivity index (χ2v) is 25.2. The summed E-state index contributed by atoms with van der Waals surface area (Å²) in [6.07, 6.45) is 0.0263. The van der Waals surface area contributed by atoms with E-state index in [2.05, 4.69) is 51.4 Å². The Kier molecular flexibility index (Phi) is 23.6. The van der Waals surface area contributed by atoms with Crippen LogP contribution in [0.3, 0.4) is 0 Å². The quantitative estimate of drug-likeness (QED) is 0.0678. The lowest BCUT2D eigenvalue weighted by Crippen LogP contribution is -2.60. The van der Waals surface area contributed by atoms with Crippen molar-refractivity contribution in [1.82, 2.24) is 25.3 Å². The fraction of sp³-hybridized carbons (Fsp3) is 0.796. The van der Waals surface area contributed by atoms with Crippen molar-refractivity contribution in [3.8, 4) is 0 Å². The first-order valence-corrected chi connectivity index (χ1v) is 26.6. The molecule has 368 valence electrons. The van der Waals surface area contributed by atoms with Crippen molar-refractivity contribution in [2.75, 3.05) is 61.2 Å². The maximum atomic E-state index is 14.6. The predicted octanol–water partition coefficient (Wildman–Crippen LogP) is 6.28. The van der Waals surface area contributed by atoms with Crippen LogP contribution in [0.2, 0.25) is 18.1 Å². The van der Waals surface area contributed by atoms with Crippen molar-refractivity contribution in [2.45, 2.75) is 168 Å². The summed E-state index contributed by atoms with van der Waals surface area (Å²) >= 11 is 0. The summed E-state index contributed by atoms with van der Waals surface area (Å²) in [6.45, 7) is 29.1. The van der Waals surface area contributed by atoms with E-state index in [0.717, 1.165) is 12.8 Å². The molecule has 0 aliphatic carbocycles. The van der Waals surface area contributed by atoms with Gasteiger partial charge < -0.3 is 44.2 Å². The highest BCUT2D eigenvalue weighted by molar-refractivity contribution is 6.74. The van der Waals surface area contributed by atoms with Gasteiger partial charge in [-0.2, -0.15) is 0 Å². The molecule has 1 saturated heterocycles. The van der Waals surface area contributed by atoms with Gasteiger partial charge in [-0.15, -0.1) is 0 Å². The molecule has 2 rings (SSSR count). The normalized spacial score (nSPS) is 19.1. The molecular formula is C49H89N5O9Si. The van der Waals surface area contributed by atoms with E-state index in [-0.39, 0.29) is 58.9 Å². The SMILES string of the molecule is CC[C@H](C)[C@@H]([C@@H](CC(=O)N1CCC[C@H]1[C@H](OC)[C@@H](C)C(=O)N[C@H](C)[C@@H](O)c1ccccc1)OC)N(C)C(=O)[C@@H](NC(=O)[C@H](C(C)C)N(C)CCOCCO[Si](C)(C)C(C)(C)C)C(C)C. The number of nitrogens with zero attached hydrogens (tertiary/aromatic N) is 3. The molecule has 3 N–H and O–H groups in total. The zero-order valence-corrected chi connectivity index (χ0v) is 43.7. The van der Waals surface area contributed by atoms with Crippen molar-refractivity contribution < 1.29 is 42.9 Å². The highest BCUT2D eigenvalue weighted by atomic mass is 28.4. The van der Waals surface area contributed by atoms with Crippen LogP contribution in [0.5, 0.6) is 0 Å². The van der Waals surface area contributed by atoms with Gasteiger partial charge in [-0.25, -0.2) is 0 Å². The molecule has 0 aromatic heterocycles. The van der Waals surface area contributed by atoms with Crippen LogP contribution in [0.25, 0.3) is 0 Å². The predicted molar refractivity (Wildman–Crippen MR) is 257 cm³/mol. The Morgan fingerprint density at radius 2 is 1.52 bits per heavy atom. The number of carbonyl (C=O) groups is 4. The van der Waals surface area contributed by atoms with Gasteiger partial charge in [-0.3, -0.25) is 24.1 Å². The van der Waals surface area contributed by atoms with E-state index < -0.39 is 56.7 Å². The Morgan fingerprint density at radius 1 is 0.891 bits per heavy atom. The van der Waals surface area contributed by atoms with Gasteiger partial charge in [0, 0.05) is 34.4 Å². The smallest absolute Gasteiger partial charge is 0.245 e. The van der Waals surface area contributed by atoms with E-state index >= 15 is 0 Å². The Balaban J connectivity index is 2.18. The lowest BCUT2D eigenvalue weighted by atomic mass is 9.89. The highest BCUT2D eigenvalue weighted by Gasteiger charge is 2.44. The highest BCUT2D eigenvalue weighted by Crippen LogP contribution is 2.36. The first-order chi connectivity index (χ1) is 29.9. The molecule has 15 heteroatoms. The Labute approximate surface area is 388 Å². The molecule has 1 heterocycles. The van der Waals surface area contributed by atoms with Crippen molar-refractivity contribution in [1.29, 1.82) is 0 Å². The van der Waals surface area contributed by atoms with Crippen LogP contribution in [0.1, 0.15) is 114 Å². The first-order valence-electron chi connectivity index (χ1n) is 23.7. The van der Waals surface area contributed by atoms with Crippen LogP contribution in [-0.2, 0) is 37.8 Å². The summed E-state index contributed by atoms with van der Waals surface area (Å²) in [5, 5.41) is 17.1.